The van der Waals surface area contributed by atoms with E-state index in [1.165, 1.54) is 38.5 Å². The van der Waals surface area contributed by atoms with Crippen LogP contribution in [-0.4, -0.2) is 0 Å². The third-order valence-corrected chi connectivity index (χ3v) is 1.72. The van der Waals surface area contributed by atoms with E-state index in [9.17, 15) is 0 Å². The molecule has 0 aromatic carbocycles. The van der Waals surface area contributed by atoms with Crippen molar-refractivity contribution in [2.45, 2.75) is 38.5 Å². The van der Waals surface area contributed by atoms with Gasteiger partial charge in [0.05, 0.1) is 0 Å². The quantitative estimate of drug-likeness (QED) is 0.434. The lowest BCUT2D eigenvalue weighted by Gasteiger charge is -1.93. The molecule has 0 unspecified atom stereocenters. The monoisotopic (exact) mass is 123 g/mol. The Labute approximate surface area is 58.0 Å². The van der Waals surface area contributed by atoms with E-state index in [1.807, 2.05) is 0 Å². The van der Waals surface area contributed by atoms with Crippen molar-refractivity contribution in [1.82, 2.24) is 0 Å². The van der Waals surface area contributed by atoms with E-state index in [-0.39, 0.29) is 0 Å². The Morgan fingerprint density at radius 3 is 1.78 bits per heavy atom. The molecule has 0 saturated carbocycles. The molecule has 0 heteroatoms. The van der Waals surface area contributed by atoms with Crippen LogP contribution in [-0.2, 0) is 0 Å². The van der Waals surface area contributed by atoms with Crippen LogP contribution in [0.25, 0.3) is 0 Å². The number of hydrogen-bond donors (Lipinski definition) is 0. The fourth-order valence-electron chi connectivity index (χ4n) is 1.14. The molecule has 0 nitrogen and oxygen atoms in total. The molecule has 1 aliphatic rings. The average Bonchev–Trinajstić information content (AvgIpc) is 2.00. The zero-order chi connectivity index (χ0) is 6.36. The van der Waals surface area contributed by atoms with Gasteiger partial charge in [-0.3, -0.25) is 0 Å². The smallest absolute Gasteiger partial charge is 0.0351 e. The number of rotatable bonds is 0. The molecule has 0 saturated heterocycles. The molecule has 0 bridgehead atoms. The Kier molecular flexibility index (Phi) is 3.51. The molecule has 51 valence electrons. The Bertz CT molecular complexity index is 72.0. The van der Waals surface area contributed by atoms with E-state index in [2.05, 4.69) is 18.6 Å². The van der Waals surface area contributed by atoms with Crippen LogP contribution >= 0.6 is 0 Å². The predicted octanol–water partition coefficient (Wildman–Crippen LogP) is 3.10. The summed E-state index contributed by atoms with van der Waals surface area (Å²) in [4.78, 5) is 0. The van der Waals surface area contributed by atoms with Gasteiger partial charge in [0.25, 0.3) is 0 Å². The van der Waals surface area contributed by atoms with Crippen molar-refractivity contribution >= 4 is 0 Å². The van der Waals surface area contributed by atoms with Gasteiger partial charge < -0.3 is 0 Å². The highest BCUT2D eigenvalue weighted by Gasteiger charge is 1.91. The Hall–Kier alpha value is -0.260. The van der Waals surface area contributed by atoms with E-state index < -0.39 is 0 Å². The van der Waals surface area contributed by atoms with Crippen molar-refractivity contribution < 1.29 is 0 Å². The molecule has 1 rings (SSSR count). The molecule has 1 radical (unpaired) electrons. The van der Waals surface area contributed by atoms with Gasteiger partial charge in [0.15, 0.2) is 0 Å². The van der Waals surface area contributed by atoms with Crippen molar-refractivity contribution in [1.29, 1.82) is 0 Å². The van der Waals surface area contributed by atoms with Crippen molar-refractivity contribution in [3.05, 3.63) is 18.6 Å². The summed E-state index contributed by atoms with van der Waals surface area (Å²) in [5.74, 6) is 0. The summed E-state index contributed by atoms with van der Waals surface area (Å²) in [7, 11) is 0. The normalized spacial score (nSPS) is 25.8. The first-order valence-electron chi connectivity index (χ1n) is 3.97. The Morgan fingerprint density at radius 1 is 0.667 bits per heavy atom. The second kappa shape index (κ2) is 4.60. The summed E-state index contributed by atoms with van der Waals surface area (Å²) in [6.45, 7) is 0. The van der Waals surface area contributed by atoms with Crippen molar-refractivity contribution in [3.63, 3.8) is 0 Å². The van der Waals surface area contributed by atoms with Gasteiger partial charge in [-0.05, 0) is 44.9 Å². The zero-order valence-corrected chi connectivity index (χ0v) is 5.97. The van der Waals surface area contributed by atoms with Crippen LogP contribution in [0.15, 0.2) is 12.2 Å². The maximum Gasteiger partial charge on any atom is -0.0351 e. The molecule has 0 heterocycles. The van der Waals surface area contributed by atoms with Crippen LogP contribution in [0.1, 0.15) is 38.5 Å². The van der Waals surface area contributed by atoms with Crippen LogP contribution < -0.4 is 0 Å². The maximum absolute atomic E-state index is 2.42. The van der Waals surface area contributed by atoms with Crippen molar-refractivity contribution in [3.8, 4) is 0 Å². The molecule has 0 amide bonds. The molecule has 0 fully saturated rings. The van der Waals surface area contributed by atoms with Crippen LogP contribution in [0, 0.1) is 6.42 Å². The Balaban J connectivity index is 2.15. The summed E-state index contributed by atoms with van der Waals surface area (Å²) >= 11 is 0. The molecule has 0 atom stereocenters. The van der Waals surface area contributed by atoms with Crippen LogP contribution in [0.2, 0.25) is 0 Å². The van der Waals surface area contributed by atoms with E-state index in [4.69, 9.17) is 0 Å². The van der Waals surface area contributed by atoms with E-state index in [1.54, 1.807) is 0 Å². The molecule has 9 heavy (non-hydrogen) atoms. The van der Waals surface area contributed by atoms with E-state index in [0.29, 0.717) is 0 Å². The molecule has 0 aliphatic heterocycles. The third-order valence-electron chi connectivity index (χ3n) is 1.72. The number of hydrogen-bond acceptors (Lipinski definition) is 0. The van der Waals surface area contributed by atoms with Gasteiger partial charge in [-0.15, -0.1) is 0 Å². The molecule has 1 aliphatic carbocycles. The number of allylic oxidation sites excluding steroid dienone is 2. The zero-order valence-electron chi connectivity index (χ0n) is 5.97. The van der Waals surface area contributed by atoms with Gasteiger partial charge in [0.2, 0.25) is 0 Å². The minimum absolute atomic E-state index is 1.29. The van der Waals surface area contributed by atoms with Crippen LogP contribution in [0.3, 0.4) is 0 Å². The summed E-state index contributed by atoms with van der Waals surface area (Å²) in [5, 5.41) is 0. The lowest BCUT2D eigenvalue weighted by molar-refractivity contribution is 0.757. The van der Waals surface area contributed by atoms with Crippen molar-refractivity contribution in [2.75, 3.05) is 0 Å². The van der Waals surface area contributed by atoms with Gasteiger partial charge >= 0.3 is 0 Å². The first-order valence-corrected chi connectivity index (χ1v) is 3.97. The summed E-state index contributed by atoms with van der Waals surface area (Å²) in [5.41, 5.74) is 0. The molecular formula is C9H15. The minimum Gasteiger partial charge on any atom is -0.0885 e. The minimum atomic E-state index is 1.29. The summed E-state index contributed by atoms with van der Waals surface area (Å²) in [6.07, 6.45) is 15.0. The second-order valence-electron chi connectivity index (χ2n) is 2.62. The summed E-state index contributed by atoms with van der Waals surface area (Å²) in [6, 6.07) is 0. The highest BCUT2D eigenvalue weighted by Crippen LogP contribution is 2.09. The van der Waals surface area contributed by atoms with E-state index in [0.717, 1.165) is 0 Å². The molecule has 0 N–H and O–H groups in total. The highest BCUT2D eigenvalue weighted by atomic mass is 14.0. The van der Waals surface area contributed by atoms with Gasteiger partial charge in [-0.25, -0.2) is 0 Å². The third kappa shape index (κ3) is 3.34. The van der Waals surface area contributed by atoms with Crippen LogP contribution in [0.5, 0.6) is 0 Å². The molecule has 0 aromatic rings. The fourth-order valence-corrected chi connectivity index (χ4v) is 1.14. The Morgan fingerprint density at radius 2 is 1.22 bits per heavy atom. The van der Waals surface area contributed by atoms with Crippen molar-refractivity contribution in [2.24, 2.45) is 0 Å². The standard InChI is InChI=1S/C9H15/c1-2-4-6-8-9-7-5-3-1/h1-2,9H,3-8H2/b2-1-. The van der Waals surface area contributed by atoms with E-state index >= 15 is 0 Å². The first kappa shape index (κ1) is 6.85. The average molecular weight is 123 g/mol. The lowest BCUT2D eigenvalue weighted by atomic mass is 10.1. The van der Waals surface area contributed by atoms with Gasteiger partial charge in [0.1, 0.15) is 0 Å². The van der Waals surface area contributed by atoms with Gasteiger partial charge in [-0.1, -0.05) is 12.2 Å². The first-order chi connectivity index (χ1) is 4.50. The molecule has 0 spiro atoms. The van der Waals surface area contributed by atoms with Crippen LogP contribution in [0.4, 0.5) is 0 Å². The summed E-state index contributed by atoms with van der Waals surface area (Å²) < 4.78 is 0. The lowest BCUT2D eigenvalue weighted by Crippen LogP contribution is -1.75. The SMILES string of the molecule is [CH]1CCC/C=C\CCC1. The maximum atomic E-state index is 2.42. The second-order valence-corrected chi connectivity index (χ2v) is 2.62. The fraction of sp³-hybridized carbons (Fsp3) is 0.667. The topological polar surface area (TPSA) is 0 Å². The van der Waals surface area contributed by atoms with Gasteiger partial charge in [-0.2, -0.15) is 0 Å². The largest absolute Gasteiger partial charge is 0.0885 e. The highest BCUT2D eigenvalue weighted by molar-refractivity contribution is 4.84. The molecular weight excluding hydrogens is 108 g/mol. The predicted molar refractivity (Wildman–Crippen MR) is 41.1 cm³/mol. The molecule has 0 aromatic heterocycles. The van der Waals surface area contributed by atoms with Gasteiger partial charge in [0, 0.05) is 0 Å².